The molecular formula is C22H22FNO2. The SMILES string of the molecule is CC(c1ccc(F)cc1)N(C)C(=O)Cc1coc2cc3c(cc12)CCC3. The summed E-state index contributed by atoms with van der Waals surface area (Å²) in [5.41, 5.74) is 5.45. The van der Waals surface area contributed by atoms with Gasteiger partial charge < -0.3 is 9.32 Å². The summed E-state index contributed by atoms with van der Waals surface area (Å²) in [5, 5.41) is 1.04. The van der Waals surface area contributed by atoms with Crippen LogP contribution in [0.1, 0.15) is 41.6 Å². The highest BCUT2D eigenvalue weighted by Gasteiger charge is 2.21. The molecule has 0 fully saturated rings. The number of benzene rings is 2. The first-order valence-electron chi connectivity index (χ1n) is 9.06. The van der Waals surface area contributed by atoms with E-state index < -0.39 is 0 Å². The zero-order valence-electron chi connectivity index (χ0n) is 15.1. The van der Waals surface area contributed by atoms with Crippen LogP contribution < -0.4 is 0 Å². The van der Waals surface area contributed by atoms with Crippen LogP contribution in [0.3, 0.4) is 0 Å². The third-order valence-corrected chi connectivity index (χ3v) is 5.54. The zero-order valence-corrected chi connectivity index (χ0v) is 15.1. The number of rotatable bonds is 4. The predicted octanol–water partition coefficient (Wildman–Crippen LogP) is 4.82. The van der Waals surface area contributed by atoms with Gasteiger partial charge in [0.05, 0.1) is 18.7 Å². The van der Waals surface area contributed by atoms with Crippen LogP contribution in [0.2, 0.25) is 0 Å². The maximum atomic E-state index is 13.1. The van der Waals surface area contributed by atoms with Crippen molar-refractivity contribution in [2.75, 3.05) is 7.05 Å². The minimum absolute atomic E-state index is 0.0185. The lowest BCUT2D eigenvalue weighted by atomic mass is 10.0. The third kappa shape index (κ3) is 3.00. The summed E-state index contributed by atoms with van der Waals surface area (Å²) in [4.78, 5) is 14.5. The molecule has 1 unspecified atom stereocenters. The number of amides is 1. The highest BCUT2D eigenvalue weighted by molar-refractivity contribution is 5.88. The highest BCUT2D eigenvalue weighted by atomic mass is 19.1. The Hall–Kier alpha value is -2.62. The zero-order chi connectivity index (χ0) is 18.3. The summed E-state index contributed by atoms with van der Waals surface area (Å²) in [6.45, 7) is 1.95. The third-order valence-electron chi connectivity index (χ3n) is 5.54. The number of likely N-dealkylation sites (N-methyl/N-ethyl adjacent to an activating group) is 1. The second kappa shape index (κ2) is 6.60. The van der Waals surface area contributed by atoms with E-state index in [0.29, 0.717) is 6.42 Å². The van der Waals surface area contributed by atoms with Crippen molar-refractivity contribution >= 4 is 16.9 Å². The average molecular weight is 351 g/mol. The Morgan fingerprint density at radius 3 is 2.62 bits per heavy atom. The Bertz CT molecular complexity index is 958. The average Bonchev–Trinajstić information content (AvgIpc) is 3.25. The van der Waals surface area contributed by atoms with Crippen molar-refractivity contribution in [3.8, 4) is 0 Å². The van der Waals surface area contributed by atoms with E-state index in [4.69, 9.17) is 4.42 Å². The van der Waals surface area contributed by atoms with Crippen LogP contribution in [0.15, 0.2) is 47.1 Å². The molecule has 0 saturated carbocycles. The van der Waals surface area contributed by atoms with Crippen LogP contribution in [-0.2, 0) is 24.1 Å². The fraction of sp³-hybridized carbons (Fsp3) is 0.318. The van der Waals surface area contributed by atoms with E-state index in [1.165, 1.54) is 29.7 Å². The fourth-order valence-corrected chi connectivity index (χ4v) is 3.75. The smallest absolute Gasteiger partial charge is 0.227 e. The monoisotopic (exact) mass is 351 g/mol. The van der Waals surface area contributed by atoms with Crippen molar-refractivity contribution in [2.24, 2.45) is 0 Å². The maximum Gasteiger partial charge on any atom is 0.227 e. The van der Waals surface area contributed by atoms with Crippen LogP contribution in [0.4, 0.5) is 4.39 Å². The number of furan rings is 1. The molecule has 1 atom stereocenters. The molecule has 3 nitrogen and oxygen atoms in total. The van der Waals surface area contributed by atoms with E-state index in [2.05, 4.69) is 12.1 Å². The van der Waals surface area contributed by atoms with Crippen molar-refractivity contribution in [2.45, 2.75) is 38.6 Å². The number of nitrogens with zero attached hydrogens (tertiary/aromatic N) is 1. The molecule has 3 aromatic rings. The van der Waals surface area contributed by atoms with Gasteiger partial charge in [0.1, 0.15) is 11.4 Å². The molecule has 1 aliphatic carbocycles. The minimum Gasteiger partial charge on any atom is -0.464 e. The lowest BCUT2D eigenvalue weighted by molar-refractivity contribution is -0.131. The van der Waals surface area contributed by atoms with Gasteiger partial charge in [0.15, 0.2) is 0 Å². The second-order valence-electron chi connectivity index (χ2n) is 7.14. The van der Waals surface area contributed by atoms with Gasteiger partial charge >= 0.3 is 0 Å². The molecular weight excluding hydrogens is 329 g/mol. The highest BCUT2D eigenvalue weighted by Crippen LogP contribution is 2.31. The predicted molar refractivity (Wildman–Crippen MR) is 99.5 cm³/mol. The van der Waals surface area contributed by atoms with Crippen molar-refractivity contribution in [1.29, 1.82) is 0 Å². The van der Waals surface area contributed by atoms with E-state index in [1.807, 2.05) is 6.92 Å². The van der Waals surface area contributed by atoms with Crippen LogP contribution in [0, 0.1) is 5.82 Å². The van der Waals surface area contributed by atoms with Gasteiger partial charge in [0, 0.05) is 18.0 Å². The molecule has 1 heterocycles. The standard InChI is InChI=1S/C22H22FNO2/c1-14(15-6-8-19(23)9-7-15)24(2)22(25)12-18-13-26-21-11-17-5-3-4-16(17)10-20(18)21/h6-11,13-14H,3-5,12H2,1-2H3. The number of carbonyl (C=O) groups excluding carboxylic acids is 1. The minimum atomic E-state index is -0.271. The molecule has 0 saturated heterocycles. The van der Waals surface area contributed by atoms with E-state index in [9.17, 15) is 9.18 Å². The van der Waals surface area contributed by atoms with Crippen LogP contribution >= 0.6 is 0 Å². The second-order valence-corrected chi connectivity index (χ2v) is 7.14. The summed E-state index contributed by atoms with van der Waals surface area (Å²) in [5.74, 6) is -0.252. The Balaban J connectivity index is 1.54. The first-order chi connectivity index (χ1) is 12.5. The number of fused-ring (bicyclic) bond motifs is 2. The molecule has 0 radical (unpaired) electrons. The van der Waals surface area contributed by atoms with Gasteiger partial charge in [0.25, 0.3) is 0 Å². The van der Waals surface area contributed by atoms with Gasteiger partial charge in [-0.3, -0.25) is 4.79 Å². The number of hydrogen-bond donors (Lipinski definition) is 0. The van der Waals surface area contributed by atoms with Crippen molar-refractivity contribution < 1.29 is 13.6 Å². The Kier molecular flexibility index (Phi) is 4.27. The van der Waals surface area contributed by atoms with Crippen molar-refractivity contribution in [3.63, 3.8) is 0 Å². The van der Waals surface area contributed by atoms with Crippen LogP contribution in [0.25, 0.3) is 11.0 Å². The largest absolute Gasteiger partial charge is 0.464 e. The molecule has 0 bridgehead atoms. The van der Waals surface area contributed by atoms with E-state index in [1.54, 1.807) is 30.3 Å². The first kappa shape index (κ1) is 16.8. The van der Waals surface area contributed by atoms with E-state index >= 15 is 0 Å². The van der Waals surface area contributed by atoms with E-state index in [-0.39, 0.29) is 17.8 Å². The number of hydrogen-bond acceptors (Lipinski definition) is 2. The summed E-state index contributed by atoms with van der Waals surface area (Å²) in [6.07, 6.45) is 5.40. The molecule has 1 aliphatic rings. The quantitative estimate of drug-likeness (QED) is 0.675. The normalized spacial score (nSPS) is 14.4. The van der Waals surface area contributed by atoms with Crippen LogP contribution in [0.5, 0.6) is 0 Å². The molecule has 4 rings (SSSR count). The van der Waals surface area contributed by atoms with Crippen LogP contribution in [-0.4, -0.2) is 17.9 Å². The fourth-order valence-electron chi connectivity index (χ4n) is 3.75. The molecule has 134 valence electrons. The lowest BCUT2D eigenvalue weighted by Gasteiger charge is -2.25. The van der Waals surface area contributed by atoms with Gasteiger partial charge in [-0.15, -0.1) is 0 Å². The molecule has 0 spiro atoms. The Labute approximate surface area is 152 Å². The molecule has 0 aliphatic heterocycles. The Morgan fingerprint density at radius 2 is 1.88 bits per heavy atom. The molecule has 26 heavy (non-hydrogen) atoms. The Morgan fingerprint density at radius 1 is 1.19 bits per heavy atom. The van der Waals surface area contributed by atoms with Gasteiger partial charge in [-0.1, -0.05) is 12.1 Å². The summed E-state index contributed by atoms with van der Waals surface area (Å²) < 4.78 is 18.8. The summed E-state index contributed by atoms with van der Waals surface area (Å²) in [7, 11) is 1.79. The van der Waals surface area contributed by atoms with Crippen molar-refractivity contribution in [3.05, 3.63) is 70.7 Å². The number of carbonyl (C=O) groups is 1. The molecule has 1 amide bonds. The topological polar surface area (TPSA) is 33.5 Å². The molecule has 2 aromatic carbocycles. The summed E-state index contributed by atoms with van der Waals surface area (Å²) >= 11 is 0. The maximum absolute atomic E-state index is 13.1. The lowest BCUT2D eigenvalue weighted by Crippen LogP contribution is -2.30. The number of aryl methyl sites for hydroxylation is 2. The molecule has 0 N–H and O–H groups in total. The van der Waals surface area contributed by atoms with Gasteiger partial charge in [-0.2, -0.15) is 0 Å². The van der Waals surface area contributed by atoms with Gasteiger partial charge in [-0.25, -0.2) is 4.39 Å². The van der Waals surface area contributed by atoms with Gasteiger partial charge in [0.2, 0.25) is 5.91 Å². The first-order valence-corrected chi connectivity index (χ1v) is 9.06. The van der Waals surface area contributed by atoms with E-state index in [0.717, 1.165) is 34.9 Å². The van der Waals surface area contributed by atoms with Crippen molar-refractivity contribution in [1.82, 2.24) is 4.90 Å². The van der Waals surface area contributed by atoms with Gasteiger partial charge in [-0.05, 0) is 67.1 Å². The summed E-state index contributed by atoms with van der Waals surface area (Å²) in [6, 6.07) is 10.5. The number of halogens is 1. The molecule has 4 heteroatoms. The molecule has 1 aromatic heterocycles.